The molecule has 1 N–H and O–H groups in total. The molecule has 3 rings (SSSR count). The van der Waals surface area contributed by atoms with E-state index in [1.54, 1.807) is 4.90 Å². The molecule has 1 fully saturated rings. The fourth-order valence-electron chi connectivity index (χ4n) is 3.48. The van der Waals surface area contributed by atoms with Gasteiger partial charge in [0.1, 0.15) is 0 Å². The van der Waals surface area contributed by atoms with Gasteiger partial charge in [0.25, 0.3) is 0 Å². The van der Waals surface area contributed by atoms with Crippen molar-refractivity contribution in [3.8, 4) is 0 Å². The summed E-state index contributed by atoms with van der Waals surface area (Å²) < 4.78 is 0. The minimum absolute atomic E-state index is 0.0173. The summed E-state index contributed by atoms with van der Waals surface area (Å²) in [6, 6.07) is 14.3. The quantitative estimate of drug-likeness (QED) is 0.937. The van der Waals surface area contributed by atoms with E-state index in [4.69, 9.17) is 0 Å². The predicted octanol–water partition coefficient (Wildman–Crippen LogP) is 3.66. The molecule has 3 atom stereocenters. The molecule has 126 valence electrons. The molecule has 0 aromatic heterocycles. The van der Waals surface area contributed by atoms with Gasteiger partial charge in [0, 0.05) is 12.6 Å². The average Bonchev–Trinajstić information content (AvgIpc) is 2.60. The summed E-state index contributed by atoms with van der Waals surface area (Å²) in [5.41, 5.74) is 0.975. The number of carboxylic acid groups (broad SMARTS) is 1. The standard InChI is InChI=1S/C20H23NO3/c1-13-7-8-18(20(23)24)12-21(13)19(22)14(2)16-10-9-15-5-3-4-6-17(15)11-16/h3-6,9-11,13-14,18H,7-8,12H2,1-2H3,(H,23,24). The molecule has 0 aliphatic carbocycles. The summed E-state index contributed by atoms with van der Waals surface area (Å²) in [5.74, 6) is -1.51. The maximum absolute atomic E-state index is 12.9. The Kier molecular flexibility index (Phi) is 4.56. The van der Waals surface area contributed by atoms with Gasteiger partial charge in [0.15, 0.2) is 0 Å². The van der Waals surface area contributed by atoms with Crippen molar-refractivity contribution in [1.29, 1.82) is 0 Å². The second-order valence-electron chi connectivity index (χ2n) is 6.78. The Hall–Kier alpha value is -2.36. The number of piperidine rings is 1. The normalized spacial score (nSPS) is 22.3. The predicted molar refractivity (Wildman–Crippen MR) is 93.9 cm³/mol. The van der Waals surface area contributed by atoms with Crippen molar-refractivity contribution in [2.75, 3.05) is 6.54 Å². The summed E-state index contributed by atoms with van der Waals surface area (Å²) in [6.45, 7) is 4.22. The number of carbonyl (C=O) groups is 2. The zero-order valence-electron chi connectivity index (χ0n) is 14.1. The van der Waals surface area contributed by atoms with Crippen molar-refractivity contribution in [3.05, 3.63) is 48.0 Å². The van der Waals surface area contributed by atoms with Crippen LogP contribution in [-0.2, 0) is 9.59 Å². The van der Waals surface area contributed by atoms with E-state index in [1.165, 1.54) is 0 Å². The molecule has 24 heavy (non-hydrogen) atoms. The fourth-order valence-corrected chi connectivity index (χ4v) is 3.48. The molecule has 0 spiro atoms. The molecule has 1 amide bonds. The number of nitrogens with zero attached hydrogens (tertiary/aromatic N) is 1. The molecular weight excluding hydrogens is 302 g/mol. The molecule has 0 saturated carbocycles. The van der Waals surface area contributed by atoms with Crippen LogP contribution in [0.25, 0.3) is 10.8 Å². The molecular formula is C20H23NO3. The Morgan fingerprint density at radius 3 is 2.54 bits per heavy atom. The highest BCUT2D eigenvalue weighted by Gasteiger charge is 2.34. The van der Waals surface area contributed by atoms with E-state index in [0.717, 1.165) is 22.8 Å². The van der Waals surface area contributed by atoms with Gasteiger partial charge in [0.05, 0.1) is 11.8 Å². The van der Waals surface area contributed by atoms with E-state index >= 15 is 0 Å². The Balaban J connectivity index is 1.83. The third-order valence-corrected chi connectivity index (χ3v) is 5.16. The van der Waals surface area contributed by atoms with Gasteiger partial charge in [-0.3, -0.25) is 9.59 Å². The van der Waals surface area contributed by atoms with Crippen LogP contribution in [0.1, 0.15) is 38.2 Å². The minimum atomic E-state index is -0.807. The largest absolute Gasteiger partial charge is 0.481 e. The van der Waals surface area contributed by atoms with Crippen molar-refractivity contribution < 1.29 is 14.7 Å². The van der Waals surface area contributed by atoms with E-state index in [0.29, 0.717) is 13.0 Å². The summed E-state index contributed by atoms with van der Waals surface area (Å²) in [7, 11) is 0. The van der Waals surface area contributed by atoms with E-state index in [-0.39, 0.29) is 17.9 Å². The van der Waals surface area contributed by atoms with E-state index in [9.17, 15) is 14.7 Å². The summed E-state index contributed by atoms with van der Waals surface area (Å²) in [6.07, 6.45) is 1.39. The van der Waals surface area contributed by atoms with E-state index in [1.807, 2.05) is 44.2 Å². The van der Waals surface area contributed by atoms with Crippen molar-refractivity contribution in [2.45, 2.75) is 38.6 Å². The maximum atomic E-state index is 12.9. The number of rotatable bonds is 3. The van der Waals surface area contributed by atoms with Gasteiger partial charge in [-0.05, 0) is 43.0 Å². The monoisotopic (exact) mass is 325 g/mol. The molecule has 1 aliphatic heterocycles. The zero-order chi connectivity index (χ0) is 17.3. The lowest BCUT2D eigenvalue weighted by Crippen LogP contribution is -2.48. The molecule has 2 aromatic carbocycles. The zero-order valence-corrected chi connectivity index (χ0v) is 14.1. The van der Waals surface area contributed by atoms with Gasteiger partial charge in [-0.15, -0.1) is 0 Å². The van der Waals surface area contributed by atoms with Crippen LogP contribution in [0, 0.1) is 5.92 Å². The SMILES string of the molecule is CC(C(=O)N1CC(C(=O)O)CCC1C)c1ccc2ccccc2c1. The second kappa shape index (κ2) is 6.63. The highest BCUT2D eigenvalue weighted by Crippen LogP contribution is 2.28. The molecule has 3 unspecified atom stereocenters. The first-order chi connectivity index (χ1) is 11.5. The molecule has 4 nitrogen and oxygen atoms in total. The second-order valence-corrected chi connectivity index (χ2v) is 6.78. The van der Waals surface area contributed by atoms with Crippen LogP contribution in [0.5, 0.6) is 0 Å². The first-order valence-electron chi connectivity index (χ1n) is 8.49. The van der Waals surface area contributed by atoms with Crippen LogP contribution in [0.3, 0.4) is 0 Å². The Morgan fingerprint density at radius 1 is 1.12 bits per heavy atom. The summed E-state index contributed by atoms with van der Waals surface area (Å²) >= 11 is 0. The number of amides is 1. The molecule has 2 aromatic rings. The highest BCUT2D eigenvalue weighted by atomic mass is 16.4. The van der Waals surface area contributed by atoms with Crippen LogP contribution < -0.4 is 0 Å². The number of aliphatic carboxylic acids is 1. The number of carboxylic acids is 1. The number of fused-ring (bicyclic) bond motifs is 1. The van der Waals surface area contributed by atoms with Gasteiger partial charge in [-0.2, -0.15) is 0 Å². The lowest BCUT2D eigenvalue weighted by Gasteiger charge is -2.38. The molecule has 1 aliphatic rings. The van der Waals surface area contributed by atoms with Crippen LogP contribution in [0.2, 0.25) is 0 Å². The van der Waals surface area contributed by atoms with Crippen LogP contribution in [0.15, 0.2) is 42.5 Å². The van der Waals surface area contributed by atoms with E-state index in [2.05, 4.69) is 12.1 Å². The van der Waals surface area contributed by atoms with Crippen molar-refractivity contribution in [1.82, 2.24) is 4.90 Å². The first kappa shape index (κ1) is 16.5. The van der Waals surface area contributed by atoms with Gasteiger partial charge in [0.2, 0.25) is 5.91 Å². The Labute approximate surface area is 142 Å². The molecule has 0 radical (unpaired) electrons. The van der Waals surface area contributed by atoms with Crippen molar-refractivity contribution in [2.24, 2.45) is 5.92 Å². The Bertz CT molecular complexity index is 770. The van der Waals surface area contributed by atoms with Crippen molar-refractivity contribution >= 4 is 22.6 Å². The van der Waals surface area contributed by atoms with Crippen molar-refractivity contribution in [3.63, 3.8) is 0 Å². The highest BCUT2D eigenvalue weighted by molar-refractivity contribution is 5.88. The fraction of sp³-hybridized carbons (Fsp3) is 0.400. The minimum Gasteiger partial charge on any atom is -0.481 e. The maximum Gasteiger partial charge on any atom is 0.308 e. The van der Waals surface area contributed by atoms with Gasteiger partial charge in [-0.1, -0.05) is 42.5 Å². The van der Waals surface area contributed by atoms with Gasteiger partial charge < -0.3 is 10.0 Å². The molecule has 4 heteroatoms. The van der Waals surface area contributed by atoms with Gasteiger partial charge >= 0.3 is 5.97 Å². The number of hydrogen-bond donors (Lipinski definition) is 1. The summed E-state index contributed by atoms with van der Waals surface area (Å²) in [4.78, 5) is 26.0. The number of likely N-dealkylation sites (tertiary alicyclic amines) is 1. The molecule has 1 saturated heterocycles. The Morgan fingerprint density at radius 2 is 1.83 bits per heavy atom. The topological polar surface area (TPSA) is 57.6 Å². The lowest BCUT2D eigenvalue weighted by atomic mass is 9.90. The van der Waals surface area contributed by atoms with Gasteiger partial charge in [-0.25, -0.2) is 0 Å². The third kappa shape index (κ3) is 3.14. The smallest absolute Gasteiger partial charge is 0.308 e. The molecule has 0 bridgehead atoms. The number of hydrogen-bond acceptors (Lipinski definition) is 2. The summed E-state index contributed by atoms with van der Waals surface area (Å²) in [5, 5.41) is 11.5. The lowest BCUT2D eigenvalue weighted by molar-refractivity contribution is -0.147. The van der Waals surface area contributed by atoms with Crippen LogP contribution in [0.4, 0.5) is 0 Å². The van der Waals surface area contributed by atoms with E-state index < -0.39 is 11.9 Å². The third-order valence-electron chi connectivity index (χ3n) is 5.16. The average molecular weight is 325 g/mol. The number of carbonyl (C=O) groups excluding carboxylic acids is 1. The number of benzene rings is 2. The van der Waals surface area contributed by atoms with Crippen LogP contribution in [-0.4, -0.2) is 34.5 Å². The first-order valence-corrected chi connectivity index (χ1v) is 8.49. The molecule has 1 heterocycles. The van der Waals surface area contributed by atoms with Crippen LogP contribution >= 0.6 is 0 Å².